The summed E-state index contributed by atoms with van der Waals surface area (Å²) in [5.41, 5.74) is 6.45. The van der Waals surface area contributed by atoms with Gasteiger partial charge in [-0.1, -0.05) is 6.42 Å². The molecule has 0 radical (unpaired) electrons. The van der Waals surface area contributed by atoms with Gasteiger partial charge in [0.1, 0.15) is 0 Å². The van der Waals surface area contributed by atoms with Gasteiger partial charge in [-0.25, -0.2) is 0 Å². The van der Waals surface area contributed by atoms with Crippen LogP contribution in [0.1, 0.15) is 25.7 Å². The van der Waals surface area contributed by atoms with E-state index in [1.807, 2.05) is 11.8 Å². The molecule has 4 nitrogen and oxygen atoms in total. The summed E-state index contributed by atoms with van der Waals surface area (Å²) in [7, 11) is 1.79. The van der Waals surface area contributed by atoms with Crippen molar-refractivity contribution < 1.29 is 4.74 Å². The second-order valence-electron chi connectivity index (χ2n) is 5.38. The fourth-order valence-corrected chi connectivity index (χ4v) is 3.65. The highest BCUT2D eigenvalue weighted by Crippen LogP contribution is 2.43. The van der Waals surface area contributed by atoms with Gasteiger partial charge >= 0.3 is 0 Å². The Morgan fingerprint density at radius 1 is 1.39 bits per heavy atom. The maximum absolute atomic E-state index is 6.05. The Hall–Kier alpha value is -0.420. The predicted octanol–water partition coefficient (Wildman–Crippen LogP) is 1.56. The minimum Gasteiger partial charge on any atom is -0.384 e. The summed E-state index contributed by atoms with van der Waals surface area (Å²) in [6.07, 6.45) is 5.03. The van der Waals surface area contributed by atoms with E-state index in [0.717, 1.165) is 38.6 Å². The van der Waals surface area contributed by atoms with Crippen LogP contribution in [0.2, 0.25) is 0 Å². The van der Waals surface area contributed by atoms with E-state index in [-0.39, 0.29) is 0 Å². The summed E-state index contributed by atoms with van der Waals surface area (Å²) in [6.45, 7) is 3.81. The van der Waals surface area contributed by atoms with Gasteiger partial charge in [-0.3, -0.25) is 4.99 Å². The van der Waals surface area contributed by atoms with Gasteiger partial charge in [-0.15, -0.1) is 0 Å². The summed E-state index contributed by atoms with van der Waals surface area (Å²) in [5, 5.41) is 0. The molecule has 0 unspecified atom stereocenters. The van der Waals surface area contributed by atoms with E-state index >= 15 is 0 Å². The highest BCUT2D eigenvalue weighted by atomic mass is 32.2. The molecule has 2 fully saturated rings. The molecule has 0 atom stereocenters. The number of hydrogen-bond acceptors (Lipinski definition) is 3. The van der Waals surface area contributed by atoms with Crippen LogP contribution in [0.15, 0.2) is 4.99 Å². The lowest BCUT2D eigenvalue weighted by atomic mass is 9.67. The first-order chi connectivity index (χ1) is 8.76. The van der Waals surface area contributed by atoms with Crippen molar-refractivity contribution in [1.82, 2.24) is 4.90 Å². The summed E-state index contributed by atoms with van der Waals surface area (Å²) < 4.78 is 5.33. The first-order valence-electron chi connectivity index (χ1n) is 6.87. The number of hydrogen-bond donors (Lipinski definition) is 1. The van der Waals surface area contributed by atoms with Gasteiger partial charge in [0.2, 0.25) is 0 Å². The van der Waals surface area contributed by atoms with Crippen LogP contribution in [0.5, 0.6) is 0 Å². The maximum Gasteiger partial charge on any atom is 0.191 e. The van der Waals surface area contributed by atoms with Gasteiger partial charge in [0.15, 0.2) is 5.96 Å². The zero-order chi connectivity index (χ0) is 12.8. The van der Waals surface area contributed by atoms with Gasteiger partial charge in [0.25, 0.3) is 0 Å². The first-order valence-corrected chi connectivity index (χ1v) is 8.03. The number of methoxy groups -OCH3 is 1. The van der Waals surface area contributed by atoms with Crippen LogP contribution in [0.3, 0.4) is 0 Å². The molecule has 5 heteroatoms. The second-order valence-corrected chi connectivity index (χ2v) is 6.60. The summed E-state index contributed by atoms with van der Waals surface area (Å²) in [6, 6.07) is 0. The first kappa shape index (κ1) is 14.0. The van der Waals surface area contributed by atoms with E-state index in [1.54, 1.807) is 7.11 Å². The topological polar surface area (TPSA) is 50.9 Å². The van der Waals surface area contributed by atoms with Crippen molar-refractivity contribution in [3.63, 3.8) is 0 Å². The standard InChI is InChI=1S/C13H25N3OS/c1-17-11-13(3-2-4-13)5-6-15-12(14)16-7-9-18-10-8-16/h2-11H2,1H3,(H2,14,15). The number of aliphatic imine (C=N–C) groups is 1. The van der Waals surface area contributed by atoms with Gasteiger partial charge in [0.05, 0.1) is 6.61 Å². The van der Waals surface area contributed by atoms with Crippen LogP contribution < -0.4 is 5.73 Å². The number of thioether (sulfide) groups is 1. The van der Waals surface area contributed by atoms with Crippen molar-refractivity contribution in [1.29, 1.82) is 0 Å². The van der Waals surface area contributed by atoms with Crippen molar-refractivity contribution >= 4 is 17.7 Å². The van der Waals surface area contributed by atoms with Gasteiger partial charge in [0, 0.05) is 38.2 Å². The highest BCUT2D eigenvalue weighted by Gasteiger charge is 2.36. The van der Waals surface area contributed by atoms with Crippen LogP contribution in [-0.2, 0) is 4.74 Å². The number of guanidine groups is 1. The highest BCUT2D eigenvalue weighted by molar-refractivity contribution is 7.99. The van der Waals surface area contributed by atoms with E-state index in [1.165, 1.54) is 30.8 Å². The molecule has 0 aromatic heterocycles. The Bertz CT molecular complexity index is 286. The molecule has 1 aliphatic heterocycles. The van der Waals surface area contributed by atoms with Crippen LogP contribution in [-0.4, -0.2) is 55.7 Å². The normalized spacial score (nSPS) is 23.8. The summed E-state index contributed by atoms with van der Waals surface area (Å²) in [5.74, 6) is 3.08. The zero-order valence-corrected chi connectivity index (χ0v) is 12.2. The fraction of sp³-hybridized carbons (Fsp3) is 0.923. The van der Waals surface area contributed by atoms with E-state index < -0.39 is 0 Å². The molecule has 0 amide bonds. The molecule has 2 N–H and O–H groups in total. The lowest BCUT2D eigenvalue weighted by Gasteiger charge is -2.41. The van der Waals surface area contributed by atoms with Gasteiger partial charge in [-0.05, 0) is 24.7 Å². The molecule has 18 heavy (non-hydrogen) atoms. The minimum atomic E-state index is 0.399. The second kappa shape index (κ2) is 6.66. The van der Waals surface area contributed by atoms with Crippen LogP contribution in [0.25, 0.3) is 0 Å². The average molecular weight is 271 g/mol. The number of rotatable bonds is 5. The van der Waals surface area contributed by atoms with E-state index in [9.17, 15) is 0 Å². The van der Waals surface area contributed by atoms with Gasteiger partial charge in [-0.2, -0.15) is 11.8 Å². The molecule has 0 aromatic carbocycles. The van der Waals surface area contributed by atoms with Crippen LogP contribution in [0.4, 0.5) is 0 Å². The summed E-state index contributed by atoms with van der Waals surface area (Å²) >= 11 is 1.99. The van der Waals surface area contributed by atoms with Gasteiger partial charge < -0.3 is 15.4 Å². The average Bonchev–Trinajstić information content (AvgIpc) is 2.36. The SMILES string of the molecule is COCC1(CCN=C(N)N2CCSCC2)CCC1. The molecule has 1 heterocycles. The zero-order valence-electron chi connectivity index (χ0n) is 11.4. The molecule has 1 saturated heterocycles. The van der Waals surface area contributed by atoms with Crippen LogP contribution in [0, 0.1) is 5.41 Å². The largest absolute Gasteiger partial charge is 0.384 e. The van der Waals surface area contributed by atoms with Crippen molar-refractivity contribution in [2.45, 2.75) is 25.7 Å². The molecule has 0 spiro atoms. The molecule has 2 aliphatic rings. The maximum atomic E-state index is 6.05. The van der Waals surface area contributed by atoms with Crippen molar-refractivity contribution in [2.24, 2.45) is 16.1 Å². The Kier molecular flexibility index (Phi) is 5.18. The Balaban J connectivity index is 1.75. The van der Waals surface area contributed by atoms with Crippen molar-refractivity contribution in [3.05, 3.63) is 0 Å². The van der Waals surface area contributed by atoms with Crippen molar-refractivity contribution in [3.8, 4) is 0 Å². The third kappa shape index (κ3) is 3.54. The summed E-state index contributed by atoms with van der Waals surface area (Å²) in [4.78, 5) is 6.76. The lowest BCUT2D eigenvalue weighted by molar-refractivity contribution is 0.0125. The molecule has 104 valence electrons. The number of nitrogens with zero attached hydrogens (tertiary/aromatic N) is 2. The number of ether oxygens (including phenoxy) is 1. The molecule has 0 bridgehead atoms. The number of nitrogens with two attached hydrogens (primary N) is 1. The molecule has 1 aliphatic carbocycles. The molecular weight excluding hydrogens is 246 g/mol. The smallest absolute Gasteiger partial charge is 0.191 e. The third-order valence-electron chi connectivity index (χ3n) is 4.12. The van der Waals surface area contributed by atoms with E-state index in [4.69, 9.17) is 10.5 Å². The fourth-order valence-electron chi connectivity index (χ4n) is 2.75. The van der Waals surface area contributed by atoms with E-state index in [0.29, 0.717) is 5.41 Å². The van der Waals surface area contributed by atoms with Crippen molar-refractivity contribution in [2.75, 3.05) is 44.9 Å². The van der Waals surface area contributed by atoms with Crippen LogP contribution >= 0.6 is 11.8 Å². The predicted molar refractivity (Wildman–Crippen MR) is 78.2 cm³/mol. The third-order valence-corrected chi connectivity index (χ3v) is 5.06. The minimum absolute atomic E-state index is 0.399. The molecule has 2 rings (SSSR count). The monoisotopic (exact) mass is 271 g/mol. The molecular formula is C13H25N3OS. The lowest BCUT2D eigenvalue weighted by Crippen LogP contribution is -2.43. The molecule has 1 saturated carbocycles. The Morgan fingerprint density at radius 2 is 2.11 bits per heavy atom. The molecule has 0 aromatic rings. The quantitative estimate of drug-likeness (QED) is 0.609. The Labute approximate surface area is 114 Å². The van der Waals surface area contributed by atoms with E-state index in [2.05, 4.69) is 9.89 Å². The Morgan fingerprint density at radius 3 is 2.67 bits per heavy atom.